The van der Waals surface area contributed by atoms with Gasteiger partial charge in [0.05, 0.1) is 0 Å². The molecular weight excluding hydrogens is 406 g/mol. The first-order chi connectivity index (χ1) is 14.8. The van der Waals surface area contributed by atoms with Gasteiger partial charge >= 0.3 is 6.03 Å². The zero-order valence-corrected chi connectivity index (χ0v) is 17.4. The molecule has 5 amide bonds. The molecule has 0 atom stereocenters. The number of nitrogens with two attached hydrogens (primary N) is 1. The molecule has 1 saturated heterocycles. The minimum Gasteiger partial charge on any atom is -0.471 e. The lowest BCUT2D eigenvalue weighted by molar-refractivity contribution is -0.139. The van der Waals surface area contributed by atoms with Crippen molar-refractivity contribution >= 4 is 23.8 Å². The largest absolute Gasteiger partial charge is 0.471 e. The van der Waals surface area contributed by atoms with Gasteiger partial charge in [-0.2, -0.15) is 0 Å². The molecule has 0 bridgehead atoms. The van der Waals surface area contributed by atoms with Crippen LogP contribution in [-0.2, 0) is 9.59 Å². The van der Waals surface area contributed by atoms with E-state index in [2.05, 4.69) is 0 Å². The van der Waals surface area contributed by atoms with Crippen LogP contribution in [0.2, 0.25) is 0 Å². The van der Waals surface area contributed by atoms with Crippen molar-refractivity contribution in [3.63, 3.8) is 0 Å². The molecule has 0 radical (unpaired) electrons. The van der Waals surface area contributed by atoms with Crippen molar-refractivity contribution in [1.82, 2.24) is 10.6 Å². The molecule has 5 N–H and O–H groups in total. The quantitative estimate of drug-likeness (QED) is 0.525. The molecule has 1 fully saturated rings. The second-order valence-corrected chi connectivity index (χ2v) is 5.58. The number of carbonyl (C=O) groups is 4. The monoisotopic (exact) mass is 431 g/mol. The zero-order chi connectivity index (χ0) is 23.4. The number of urea groups is 1. The summed E-state index contributed by atoms with van der Waals surface area (Å²) < 4.78 is 10.9. The maximum Gasteiger partial charge on any atom is 0.328 e. The van der Waals surface area contributed by atoms with Crippen molar-refractivity contribution in [3.8, 4) is 17.2 Å². The van der Waals surface area contributed by atoms with Crippen molar-refractivity contribution < 1.29 is 33.8 Å². The highest BCUT2D eigenvalue weighted by Crippen LogP contribution is 2.24. The molecule has 10 heteroatoms. The number of hydrogen-bond donors (Lipinski definition) is 4. The average Bonchev–Trinajstić information content (AvgIpc) is 2.74. The Morgan fingerprint density at radius 2 is 1.29 bits per heavy atom. The molecule has 0 aliphatic carbocycles. The fraction of sp³-hybridized carbons (Fsp3) is 0.238. The first kappa shape index (κ1) is 25.1. The average molecular weight is 431 g/mol. The normalized spacial score (nSPS) is 12.8. The predicted molar refractivity (Wildman–Crippen MR) is 112 cm³/mol. The van der Waals surface area contributed by atoms with Crippen molar-refractivity contribution in [2.24, 2.45) is 5.73 Å². The Morgan fingerprint density at radius 1 is 0.903 bits per heavy atom. The molecule has 10 nitrogen and oxygen atoms in total. The van der Waals surface area contributed by atoms with Gasteiger partial charge in [-0.05, 0) is 55.5 Å². The first-order valence-corrected chi connectivity index (χ1v) is 9.45. The molecule has 1 aliphatic heterocycles. The summed E-state index contributed by atoms with van der Waals surface area (Å²) in [5.41, 5.74) is 5.53. The number of ether oxygens (including phenoxy) is 2. The van der Waals surface area contributed by atoms with Crippen molar-refractivity contribution in [1.29, 1.82) is 0 Å². The van der Waals surface area contributed by atoms with E-state index in [1.165, 1.54) is 24.3 Å². The Labute approximate surface area is 179 Å². The molecule has 166 valence electrons. The lowest BCUT2D eigenvalue weighted by Crippen LogP contribution is -2.60. The van der Waals surface area contributed by atoms with Crippen LogP contribution in [0.25, 0.3) is 0 Å². The lowest BCUT2D eigenvalue weighted by Gasteiger charge is -2.21. The van der Waals surface area contributed by atoms with Crippen molar-refractivity contribution in [2.75, 3.05) is 6.61 Å². The van der Waals surface area contributed by atoms with Gasteiger partial charge in [-0.1, -0.05) is 13.8 Å². The molecule has 0 spiro atoms. The highest BCUT2D eigenvalue weighted by molar-refractivity contribution is 6.18. The first-order valence-electron chi connectivity index (χ1n) is 9.45. The van der Waals surface area contributed by atoms with Crippen molar-refractivity contribution in [2.45, 2.75) is 26.9 Å². The smallest absolute Gasteiger partial charge is 0.328 e. The number of imide groups is 2. The molecule has 1 aliphatic rings. The number of aliphatic hydroxyl groups is 1. The molecule has 0 aromatic heterocycles. The van der Waals surface area contributed by atoms with Gasteiger partial charge in [0.25, 0.3) is 17.9 Å². The summed E-state index contributed by atoms with van der Waals surface area (Å²) in [4.78, 5) is 45.3. The van der Waals surface area contributed by atoms with E-state index in [0.29, 0.717) is 17.1 Å². The number of benzene rings is 2. The van der Waals surface area contributed by atoms with E-state index in [1.54, 1.807) is 31.2 Å². The van der Waals surface area contributed by atoms with E-state index in [9.17, 15) is 19.2 Å². The SMILES string of the molecule is CC.CCO.NC(=O)c1ccc(Oc2ccc(OC3C(=O)NC(=O)NC3=O)cc2)cc1. The summed E-state index contributed by atoms with van der Waals surface area (Å²) in [7, 11) is 0. The summed E-state index contributed by atoms with van der Waals surface area (Å²) in [6.45, 7) is 5.93. The summed E-state index contributed by atoms with van der Waals surface area (Å²) >= 11 is 0. The van der Waals surface area contributed by atoms with Crippen LogP contribution in [0.15, 0.2) is 48.5 Å². The number of barbiturate groups is 1. The lowest BCUT2D eigenvalue weighted by atomic mass is 10.2. The van der Waals surface area contributed by atoms with Crippen LogP contribution < -0.4 is 25.8 Å². The summed E-state index contributed by atoms with van der Waals surface area (Å²) in [5.74, 6) is -1.01. The van der Waals surface area contributed by atoms with Crippen LogP contribution in [0, 0.1) is 0 Å². The summed E-state index contributed by atoms with van der Waals surface area (Å²) in [5, 5.41) is 11.5. The molecular formula is C21H25N3O7. The van der Waals surface area contributed by atoms with E-state index < -0.39 is 29.9 Å². The van der Waals surface area contributed by atoms with Crippen LogP contribution in [0.5, 0.6) is 17.2 Å². The summed E-state index contributed by atoms with van der Waals surface area (Å²) in [6, 6.07) is 11.5. The Balaban J connectivity index is 0.000000884. The maximum absolute atomic E-state index is 11.6. The van der Waals surface area contributed by atoms with Gasteiger partial charge in [-0.3, -0.25) is 25.0 Å². The number of aliphatic hydroxyl groups excluding tert-OH is 1. The van der Waals surface area contributed by atoms with Gasteiger partial charge < -0.3 is 20.3 Å². The number of nitrogens with one attached hydrogen (secondary N) is 2. The fourth-order valence-corrected chi connectivity index (χ4v) is 2.16. The second-order valence-electron chi connectivity index (χ2n) is 5.58. The minimum atomic E-state index is -1.46. The van der Waals surface area contributed by atoms with Gasteiger partial charge in [0.15, 0.2) is 0 Å². The van der Waals surface area contributed by atoms with Crippen LogP contribution in [-0.4, -0.2) is 41.6 Å². The Kier molecular flexibility index (Phi) is 10.2. The maximum atomic E-state index is 11.6. The minimum absolute atomic E-state index is 0.242. The Morgan fingerprint density at radius 3 is 1.71 bits per heavy atom. The molecule has 0 saturated carbocycles. The number of rotatable bonds is 5. The molecule has 3 rings (SSSR count). The number of carbonyl (C=O) groups excluding carboxylic acids is 4. The zero-order valence-electron chi connectivity index (χ0n) is 17.4. The van der Waals surface area contributed by atoms with Gasteiger partial charge in [0.2, 0.25) is 5.91 Å². The van der Waals surface area contributed by atoms with Crippen molar-refractivity contribution in [3.05, 3.63) is 54.1 Å². The Bertz CT molecular complexity index is 876. The van der Waals surface area contributed by atoms with E-state index >= 15 is 0 Å². The van der Waals surface area contributed by atoms with Crippen LogP contribution in [0.3, 0.4) is 0 Å². The topological polar surface area (TPSA) is 157 Å². The predicted octanol–water partition coefficient (Wildman–Crippen LogP) is 1.72. The fourth-order valence-electron chi connectivity index (χ4n) is 2.16. The molecule has 2 aromatic rings. The van der Waals surface area contributed by atoms with Gasteiger partial charge in [-0.25, -0.2) is 4.79 Å². The number of primary amides is 1. The molecule has 0 unspecified atom stereocenters. The van der Waals surface area contributed by atoms with E-state index in [-0.39, 0.29) is 12.4 Å². The second kappa shape index (κ2) is 12.6. The Hall–Kier alpha value is -3.92. The molecule has 31 heavy (non-hydrogen) atoms. The van der Waals surface area contributed by atoms with Gasteiger partial charge in [0.1, 0.15) is 17.2 Å². The third kappa shape index (κ3) is 7.78. The summed E-state index contributed by atoms with van der Waals surface area (Å²) in [6.07, 6.45) is -1.46. The highest BCUT2D eigenvalue weighted by atomic mass is 16.5. The standard InChI is InChI=1S/C17H13N3O6.C2H6O.C2H6/c18-14(21)9-1-3-10(4-2-9)25-11-5-7-12(8-6-11)26-13-15(22)19-17(24)20-16(13)23;1-2-3;1-2/h1-8,13H,(H2,18,21)(H2,19,20,22,23,24);3H,2H2,1H3;1-2H3. The van der Waals surface area contributed by atoms with E-state index in [0.717, 1.165) is 0 Å². The highest BCUT2D eigenvalue weighted by Gasteiger charge is 2.36. The number of hydrogen-bond acceptors (Lipinski definition) is 7. The molecule has 2 aromatic carbocycles. The van der Waals surface area contributed by atoms with Crippen LogP contribution in [0.4, 0.5) is 4.79 Å². The van der Waals surface area contributed by atoms with Crippen LogP contribution >= 0.6 is 0 Å². The third-order valence-electron chi connectivity index (χ3n) is 3.40. The van der Waals surface area contributed by atoms with Crippen LogP contribution in [0.1, 0.15) is 31.1 Å². The molecule has 1 heterocycles. The van der Waals surface area contributed by atoms with Gasteiger partial charge in [0, 0.05) is 12.2 Å². The van der Waals surface area contributed by atoms with Gasteiger partial charge in [-0.15, -0.1) is 0 Å². The van der Waals surface area contributed by atoms with E-state index in [1.807, 2.05) is 24.5 Å². The van der Waals surface area contributed by atoms with E-state index in [4.69, 9.17) is 20.3 Å². The third-order valence-corrected chi connectivity index (χ3v) is 3.40. The number of amides is 5.